The first kappa shape index (κ1) is 25.5. The highest BCUT2D eigenvalue weighted by molar-refractivity contribution is 6.20. The van der Waals surface area contributed by atoms with Gasteiger partial charge in [0.15, 0.2) is 0 Å². The number of pyridine rings is 1. The molecule has 7 aromatic rings. The second-order valence-corrected chi connectivity index (χ2v) is 13.6. The van der Waals surface area contributed by atoms with E-state index in [0.717, 1.165) is 5.69 Å². The number of hydrogen-bond donors (Lipinski definition) is 0. The van der Waals surface area contributed by atoms with E-state index >= 15 is 0 Å². The zero-order valence-corrected chi connectivity index (χ0v) is 25.6. The van der Waals surface area contributed by atoms with Gasteiger partial charge in [-0.1, -0.05) is 125 Å². The normalized spacial score (nSPS) is 15.2. The van der Waals surface area contributed by atoms with Crippen LogP contribution in [0, 0.1) is 0 Å². The Morgan fingerprint density at radius 2 is 1.07 bits per heavy atom. The highest BCUT2D eigenvalue weighted by atomic mass is 14.7. The smallest absolute Gasteiger partial charge is 0.0702 e. The van der Waals surface area contributed by atoms with Gasteiger partial charge in [0.2, 0.25) is 0 Å². The van der Waals surface area contributed by atoms with Crippen LogP contribution < -0.4 is 0 Å². The van der Waals surface area contributed by atoms with E-state index in [0.29, 0.717) is 0 Å². The molecule has 1 nitrogen and oxygen atoms in total. The number of rotatable bonds is 2. The Balaban J connectivity index is 1.31. The van der Waals surface area contributed by atoms with Crippen LogP contribution in [0.2, 0.25) is 0 Å². The van der Waals surface area contributed by atoms with Crippen LogP contribution >= 0.6 is 0 Å². The average Bonchev–Trinajstić information content (AvgIpc) is 3.28. The summed E-state index contributed by atoms with van der Waals surface area (Å²) < 4.78 is 0. The third-order valence-corrected chi connectivity index (χ3v) is 10.5. The third kappa shape index (κ3) is 3.27. The van der Waals surface area contributed by atoms with E-state index in [1.54, 1.807) is 0 Å². The molecule has 0 saturated heterocycles. The molecule has 2 aliphatic rings. The van der Waals surface area contributed by atoms with Crippen molar-refractivity contribution in [1.82, 2.24) is 4.98 Å². The van der Waals surface area contributed by atoms with Crippen molar-refractivity contribution in [3.63, 3.8) is 0 Å². The Labute approximate surface area is 258 Å². The van der Waals surface area contributed by atoms with Crippen LogP contribution in [-0.2, 0) is 10.8 Å². The fraction of sp³-hybridized carbons (Fsp3) is 0.140. The maximum absolute atomic E-state index is 4.63. The average molecular weight is 564 g/mol. The molecule has 0 fully saturated rings. The first-order chi connectivity index (χ1) is 21.4. The second kappa shape index (κ2) is 8.77. The summed E-state index contributed by atoms with van der Waals surface area (Å²) in [6.45, 7) is 9.55. The minimum Gasteiger partial charge on any atom is -0.256 e. The summed E-state index contributed by atoms with van der Waals surface area (Å²) in [5.41, 5.74) is 15.5. The lowest BCUT2D eigenvalue weighted by Crippen LogP contribution is -2.24. The highest BCUT2D eigenvalue weighted by Crippen LogP contribution is 2.55. The van der Waals surface area contributed by atoms with E-state index in [2.05, 4.69) is 148 Å². The standard InChI is InChI=1S/C43H33N/c1-42(2)36-24-26(38-18-9-10-23-44-38)19-21-29(36)30-22-20-27(25-37(30)42)39-32-13-5-6-14-33(32)41-40-31(15-11-16-34(39)40)28-12-7-8-17-35(28)43(41,3)4/h5-25H,1-4H3. The number of nitrogens with zero attached hydrogens (tertiary/aromatic N) is 1. The SMILES string of the molecule is CC1(C)c2cc(-c3ccccn3)ccc2-c2ccc(-c3c4ccccc4c4c5c(cccc35)-c3ccccc3C4(C)C)cc21. The molecule has 6 aromatic carbocycles. The molecule has 0 unspecified atom stereocenters. The minimum atomic E-state index is -0.130. The van der Waals surface area contributed by atoms with Crippen molar-refractivity contribution in [2.45, 2.75) is 38.5 Å². The van der Waals surface area contributed by atoms with Gasteiger partial charge >= 0.3 is 0 Å². The van der Waals surface area contributed by atoms with E-state index in [1.807, 2.05) is 12.3 Å². The summed E-state index contributed by atoms with van der Waals surface area (Å²) in [4.78, 5) is 4.63. The lowest BCUT2D eigenvalue weighted by molar-refractivity contribution is 0.651. The van der Waals surface area contributed by atoms with Gasteiger partial charge in [0, 0.05) is 22.6 Å². The van der Waals surface area contributed by atoms with Crippen LogP contribution in [-0.4, -0.2) is 4.98 Å². The molecule has 0 N–H and O–H groups in total. The first-order valence-electron chi connectivity index (χ1n) is 15.6. The molecular formula is C43H33N. The van der Waals surface area contributed by atoms with Gasteiger partial charge in [-0.25, -0.2) is 0 Å². The molecule has 1 aromatic heterocycles. The topological polar surface area (TPSA) is 12.9 Å². The Morgan fingerprint density at radius 1 is 0.455 bits per heavy atom. The number of benzene rings is 6. The predicted octanol–water partition coefficient (Wildman–Crippen LogP) is 11.3. The quantitative estimate of drug-likeness (QED) is 0.191. The number of aromatic nitrogens is 1. The molecule has 1 heteroatoms. The Hall–Kier alpha value is -5.01. The van der Waals surface area contributed by atoms with E-state index in [-0.39, 0.29) is 10.8 Å². The van der Waals surface area contributed by atoms with E-state index in [4.69, 9.17) is 0 Å². The monoisotopic (exact) mass is 563 g/mol. The molecule has 0 spiro atoms. The molecule has 0 atom stereocenters. The molecule has 0 saturated carbocycles. The van der Waals surface area contributed by atoms with Gasteiger partial charge in [-0.2, -0.15) is 0 Å². The second-order valence-electron chi connectivity index (χ2n) is 13.6. The van der Waals surface area contributed by atoms with E-state index in [9.17, 15) is 0 Å². The van der Waals surface area contributed by atoms with E-state index in [1.165, 1.54) is 82.7 Å². The molecule has 0 aliphatic heterocycles. The Morgan fingerprint density at radius 3 is 1.84 bits per heavy atom. The predicted molar refractivity (Wildman–Crippen MR) is 185 cm³/mol. The van der Waals surface area contributed by atoms with Crippen molar-refractivity contribution < 1.29 is 0 Å². The zero-order valence-electron chi connectivity index (χ0n) is 25.6. The van der Waals surface area contributed by atoms with Crippen LogP contribution in [0.25, 0.3) is 66.2 Å². The lowest BCUT2D eigenvalue weighted by atomic mass is 9.66. The third-order valence-electron chi connectivity index (χ3n) is 10.5. The molecule has 44 heavy (non-hydrogen) atoms. The van der Waals surface area contributed by atoms with Crippen molar-refractivity contribution >= 4 is 21.5 Å². The summed E-state index contributed by atoms with van der Waals surface area (Å²) in [7, 11) is 0. The van der Waals surface area contributed by atoms with Crippen LogP contribution in [0.3, 0.4) is 0 Å². The summed E-state index contributed by atoms with van der Waals surface area (Å²) in [5.74, 6) is 0. The summed E-state index contributed by atoms with van der Waals surface area (Å²) >= 11 is 0. The van der Waals surface area contributed by atoms with Crippen molar-refractivity contribution in [3.05, 3.63) is 150 Å². The summed E-state index contributed by atoms with van der Waals surface area (Å²) in [6, 6.07) is 45.2. The van der Waals surface area contributed by atoms with Crippen LogP contribution in [0.5, 0.6) is 0 Å². The van der Waals surface area contributed by atoms with Gasteiger partial charge in [0.25, 0.3) is 0 Å². The Bertz CT molecular complexity index is 2320. The van der Waals surface area contributed by atoms with Crippen LogP contribution in [0.15, 0.2) is 128 Å². The summed E-state index contributed by atoms with van der Waals surface area (Å²) in [5, 5.41) is 5.41. The van der Waals surface area contributed by atoms with Gasteiger partial charge < -0.3 is 0 Å². The van der Waals surface area contributed by atoms with Crippen molar-refractivity contribution in [2.24, 2.45) is 0 Å². The van der Waals surface area contributed by atoms with Crippen molar-refractivity contribution in [2.75, 3.05) is 0 Å². The van der Waals surface area contributed by atoms with Gasteiger partial charge in [0.1, 0.15) is 0 Å². The molecule has 2 aliphatic carbocycles. The first-order valence-corrected chi connectivity index (χ1v) is 15.6. The minimum absolute atomic E-state index is 0.117. The lowest BCUT2D eigenvalue weighted by Gasteiger charge is -2.37. The summed E-state index contributed by atoms with van der Waals surface area (Å²) in [6.07, 6.45) is 1.87. The fourth-order valence-corrected chi connectivity index (χ4v) is 8.40. The molecule has 9 rings (SSSR count). The molecule has 1 heterocycles. The zero-order chi connectivity index (χ0) is 29.8. The van der Waals surface area contributed by atoms with Crippen LogP contribution in [0.1, 0.15) is 49.9 Å². The molecule has 210 valence electrons. The molecule has 0 radical (unpaired) electrons. The molecular weight excluding hydrogens is 530 g/mol. The van der Waals surface area contributed by atoms with Crippen molar-refractivity contribution in [3.8, 4) is 44.6 Å². The molecule has 0 bridgehead atoms. The number of fused-ring (bicyclic) bond motifs is 7. The van der Waals surface area contributed by atoms with Gasteiger partial charge in [-0.15, -0.1) is 0 Å². The van der Waals surface area contributed by atoms with E-state index < -0.39 is 0 Å². The van der Waals surface area contributed by atoms with Gasteiger partial charge in [0.05, 0.1) is 5.69 Å². The number of hydrogen-bond acceptors (Lipinski definition) is 1. The largest absolute Gasteiger partial charge is 0.256 e. The maximum Gasteiger partial charge on any atom is 0.0702 e. The van der Waals surface area contributed by atoms with Gasteiger partial charge in [-0.3, -0.25) is 4.98 Å². The highest BCUT2D eigenvalue weighted by Gasteiger charge is 2.38. The van der Waals surface area contributed by atoms with Crippen molar-refractivity contribution in [1.29, 1.82) is 0 Å². The fourth-order valence-electron chi connectivity index (χ4n) is 8.40. The van der Waals surface area contributed by atoms with Gasteiger partial charge in [-0.05, 0) is 101 Å². The molecule has 0 amide bonds. The Kier molecular flexibility index (Phi) is 5.08. The maximum atomic E-state index is 4.63. The van der Waals surface area contributed by atoms with Crippen LogP contribution in [0.4, 0.5) is 0 Å².